The van der Waals surface area contributed by atoms with Crippen LogP contribution in [0.4, 0.5) is 11.6 Å². The molecule has 0 bridgehead atoms. The van der Waals surface area contributed by atoms with E-state index in [0.717, 1.165) is 11.0 Å². The Hall–Kier alpha value is -3.22. The highest BCUT2D eigenvalue weighted by Crippen LogP contribution is 2.24. The number of para-hydroxylation sites is 2. The molecule has 3 aromatic rings. The summed E-state index contributed by atoms with van der Waals surface area (Å²) in [4.78, 5) is 29.3. The molecular formula is C18H18N4O3. The van der Waals surface area contributed by atoms with Gasteiger partial charge in [0.1, 0.15) is 0 Å². The van der Waals surface area contributed by atoms with Gasteiger partial charge in [0.15, 0.2) is 0 Å². The van der Waals surface area contributed by atoms with Gasteiger partial charge < -0.3 is 4.57 Å². The molecular weight excluding hydrogens is 320 g/mol. The Bertz CT molecular complexity index is 978. The number of nitro groups is 1. The maximum Gasteiger partial charge on any atom is 0.272 e. The van der Waals surface area contributed by atoms with Crippen molar-refractivity contribution < 1.29 is 9.72 Å². The number of amides is 1. The summed E-state index contributed by atoms with van der Waals surface area (Å²) in [5, 5.41) is 11.1. The molecule has 7 nitrogen and oxygen atoms in total. The lowest BCUT2D eigenvalue weighted by Crippen LogP contribution is -2.30. The van der Waals surface area contributed by atoms with Gasteiger partial charge >= 0.3 is 0 Å². The molecule has 0 aliphatic carbocycles. The first kappa shape index (κ1) is 16.6. The van der Waals surface area contributed by atoms with Crippen LogP contribution < -0.4 is 4.90 Å². The molecule has 1 aromatic heterocycles. The molecule has 0 unspecified atom stereocenters. The lowest BCUT2D eigenvalue weighted by Gasteiger charge is -2.17. The van der Waals surface area contributed by atoms with Crippen molar-refractivity contribution in [3.05, 3.63) is 63.7 Å². The van der Waals surface area contributed by atoms with E-state index in [9.17, 15) is 14.9 Å². The Morgan fingerprint density at radius 2 is 1.96 bits per heavy atom. The highest BCUT2D eigenvalue weighted by atomic mass is 16.6. The first-order valence-corrected chi connectivity index (χ1v) is 7.81. The van der Waals surface area contributed by atoms with Crippen molar-refractivity contribution >= 4 is 28.6 Å². The molecule has 0 saturated heterocycles. The Balaban J connectivity index is 1.89. The largest absolute Gasteiger partial charge is 0.313 e. The third kappa shape index (κ3) is 2.96. The SMILES string of the molecule is Cc1c(CC(=O)N(C)c2nc3ccccc3n2C)cccc1[N+](=O)[O-]. The van der Waals surface area contributed by atoms with E-state index < -0.39 is 4.92 Å². The molecule has 1 amide bonds. The molecule has 0 aliphatic rings. The fraction of sp³-hybridized carbons (Fsp3) is 0.222. The maximum absolute atomic E-state index is 12.7. The predicted molar refractivity (Wildman–Crippen MR) is 95.7 cm³/mol. The van der Waals surface area contributed by atoms with E-state index in [1.165, 1.54) is 11.0 Å². The summed E-state index contributed by atoms with van der Waals surface area (Å²) in [5.41, 5.74) is 2.93. The van der Waals surface area contributed by atoms with Gasteiger partial charge in [-0.2, -0.15) is 0 Å². The van der Waals surface area contributed by atoms with E-state index in [1.54, 1.807) is 26.1 Å². The number of imidazole rings is 1. The van der Waals surface area contributed by atoms with Crippen molar-refractivity contribution in [1.29, 1.82) is 0 Å². The molecule has 25 heavy (non-hydrogen) atoms. The lowest BCUT2D eigenvalue weighted by atomic mass is 10.0. The molecule has 1 heterocycles. The van der Waals surface area contributed by atoms with Gasteiger partial charge in [-0.1, -0.05) is 24.3 Å². The number of benzene rings is 2. The van der Waals surface area contributed by atoms with E-state index in [4.69, 9.17) is 0 Å². The van der Waals surface area contributed by atoms with Crippen LogP contribution in [0.5, 0.6) is 0 Å². The quantitative estimate of drug-likeness (QED) is 0.541. The molecule has 128 valence electrons. The second-order valence-electron chi connectivity index (χ2n) is 5.91. The number of likely N-dealkylation sites (N-methyl/N-ethyl adjacent to an activating group) is 1. The lowest BCUT2D eigenvalue weighted by molar-refractivity contribution is -0.385. The van der Waals surface area contributed by atoms with Crippen LogP contribution in [0.2, 0.25) is 0 Å². The number of fused-ring (bicyclic) bond motifs is 1. The van der Waals surface area contributed by atoms with E-state index in [2.05, 4.69) is 4.98 Å². The van der Waals surface area contributed by atoms with E-state index in [1.807, 2.05) is 35.9 Å². The van der Waals surface area contributed by atoms with Crippen molar-refractivity contribution in [3.8, 4) is 0 Å². The summed E-state index contributed by atoms with van der Waals surface area (Å²) >= 11 is 0. The minimum absolute atomic E-state index is 0.0238. The summed E-state index contributed by atoms with van der Waals surface area (Å²) in [6.45, 7) is 1.66. The van der Waals surface area contributed by atoms with Gasteiger partial charge in [0.25, 0.3) is 5.69 Å². The molecule has 0 fully saturated rings. The summed E-state index contributed by atoms with van der Waals surface area (Å²) in [5.74, 6) is 0.358. The highest BCUT2D eigenvalue weighted by Gasteiger charge is 2.20. The van der Waals surface area contributed by atoms with Crippen molar-refractivity contribution in [2.45, 2.75) is 13.3 Å². The molecule has 7 heteroatoms. The maximum atomic E-state index is 12.7. The first-order chi connectivity index (χ1) is 11.9. The third-order valence-corrected chi connectivity index (χ3v) is 4.39. The number of carbonyl (C=O) groups is 1. The van der Waals surface area contributed by atoms with Gasteiger partial charge in [0.05, 0.1) is 22.4 Å². The van der Waals surface area contributed by atoms with Crippen LogP contribution in [-0.2, 0) is 18.3 Å². The van der Waals surface area contributed by atoms with Gasteiger partial charge in [0, 0.05) is 25.7 Å². The van der Waals surface area contributed by atoms with Crippen LogP contribution in [0.25, 0.3) is 11.0 Å². The van der Waals surface area contributed by atoms with Crippen LogP contribution in [0.1, 0.15) is 11.1 Å². The fourth-order valence-corrected chi connectivity index (χ4v) is 2.89. The van der Waals surface area contributed by atoms with Crippen LogP contribution in [0.15, 0.2) is 42.5 Å². The summed E-state index contributed by atoms with van der Waals surface area (Å²) in [6, 6.07) is 12.4. The second-order valence-corrected chi connectivity index (χ2v) is 5.91. The number of nitro benzene ring substituents is 1. The van der Waals surface area contributed by atoms with E-state index in [0.29, 0.717) is 17.1 Å². The highest BCUT2D eigenvalue weighted by molar-refractivity contribution is 5.94. The first-order valence-electron chi connectivity index (χ1n) is 7.81. The molecule has 2 aromatic carbocycles. The predicted octanol–water partition coefficient (Wildman–Crippen LogP) is 3.00. The van der Waals surface area contributed by atoms with Gasteiger partial charge in [-0.05, 0) is 24.6 Å². The zero-order valence-corrected chi connectivity index (χ0v) is 14.3. The normalized spacial score (nSPS) is 10.8. The standard InChI is InChI=1S/C18H18N4O3/c1-12-13(7-6-10-15(12)22(24)25)11-17(23)21(3)18-19-14-8-4-5-9-16(14)20(18)2/h4-10H,11H2,1-3H3. The number of hydrogen-bond donors (Lipinski definition) is 0. The Kier molecular flexibility index (Phi) is 4.22. The number of nitrogens with zero attached hydrogens (tertiary/aromatic N) is 4. The topological polar surface area (TPSA) is 81.3 Å². The Morgan fingerprint density at radius 3 is 2.64 bits per heavy atom. The van der Waals surface area contributed by atoms with Gasteiger partial charge in [-0.3, -0.25) is 19.8 Å². The average molecular weight is 338 g/mol. The molecule has 0 radical (unpaired) electrons. The van der Waals surface area contributed by atoms with Crippen LogP contribution in [-0.4, -0.2) is 27.4 Å². The summed E-state index contributed by atoms with van der Waals surface area (Å²) in [7, 11) is 3.52. The monoisotopic (exact) mass is 338 g/mol. The number of anilines is 1. The van der Waals surface area contributed by atoms with E-state index >= 15 is 0 Å². The Labute approximate surface area is 144 Å². The number of aromatic nitrogens is 2. The van der Waals surface area contributed by atoms with Crippen molar-refractivity contribution in [2.24, 2.45) is 7.05 Å². The zero-order chi connectivity index (χ0) is 18.1. The number of aryl methyl sites for hydroxylation is 1. The van der Waals surface area contributed by atoms with Crippen LogP contribution >= 0.6 is 0 Å². The molecule has 0 aliphatic heterocycles. The smallest absolute Gasteiger partial charge is 0.272 e. The fourth-order valence-electron chi connectivity index (χ4n) is 2.89. The van der Waals surface area contributed by atoms with Gasteiger partial charge in [0.2, 0.25) is 11.9 Å². The number of carbonyl (C=O) groups excluding carboxylic acids is 1. The minimum Gasteiger partial charge on any atom is -0.313 e. The third-order valence-electron chi connectivity index (χ3n) is 4.39. The van der Waals surface area contributed by atoms with Gasteiger partial charge in [-0.25, -0.2) is 4.98 Å². The van der Waals surface area contributed by atoms with E-state index in [-0.39, 0.29) is 18.0 Å². The summed E-state index contributed by atoms with van der Waals surface area (Å²) in [6.07, 6.45) is 0.0766. The second kappa shape index (κ2) is 6.35. The summed E-state index contributed by atoms with van der Waals surface area (Å²) < 4.78 is 1.85. The van der Waals surface area contributed by atoms with Crippen LogP contribution in [0.3, 0.4) is 0 Å². The molecule has 0 spiro atoms. The molecule has 3 rings (SSSR count). The van der Waals surface area contributed by atoms with Crippen LogP contribution in [0, 0.1) is 17.0 Å². The Morgan fingerprint density at radius 1 is 1.24 bits per heavy atom. The molecule has 0 saturated carbocycles. The molecule has 0 atom stereocenters. The van der Waals surface area contributed by atoms with Crippen molar-refractivity contribution in [1.82, 2.24) is 9.55 Å². The van der Waals surface area contributed by atoms with Crippen molar-refractivity contribution in [2.75, 3.05) is 11.9 Å². The molecule has 0 N–H and O–H groups in total. The van der Waals surface area contributed by atoms with Crippen molar-refractivity contribution in [3.63, 3.8) is 0 Å². The van der Waals surface area contributed by atoms with Gasteiger partial charge in [-0.15, -0.1) is 0 Å². The number of hydrogen-bond acceptors (Lipinski definition) is 4. The zero-order valence-electron chi connectivity index (χ0n) is 14.3. The minimum atomic E-state index is -0.432. The average Bonchev–Trinajstić information content (AvgIpc) is 2.93. The number of rotatable bonds is 4.